The van der Waals surface area contributed by atoms with Gasteiger partial charge in [0.1, 0.15) is 0 Å². The fraction of sp³-hybridized carbons (Fsp3) is 0.125. The summed E-state index contributed by atoms with van der Waals surface area (Å²) in [5, 5.41) is 2.87. The number of amides is 1. The van der Waals surface area contributed by atoms with Crippen LogP contribution in [0.5, 0.6) is 0 Å². The van der Waals surface area contributed by atoms with Gasteiger partial charge in [0.25, 0.3) is 5.91 Å². The predicted octanol–water partition coefficient (Wildman–Crippen LogP) is 2.73. The van der Waals surface area contributed by atoms with Crippen LogP contribution in [0, 0.1) is 3.57 Å². The molecule has 1 amide bonds. The Balaban J connectivity index is 1.96. The van der Waals surface area contributed by atoms with Crippen LogP contribution in [0.4, 0.5) is 5.69 Å². The molecule has 3 aromatic rings. The van der Waals surface area contributed by atoms with E-state index >= 15 is 0 Å². The molecule has 5 nitrogen and oxygen atoms in total. The number of hydrogen-bond donors (Lipinski definition) is 1. The first-order valence-corrected chi connectivity index (χ1v) is 7.77. The van der Waals surface area contributed by atoms with Crippen molar-refractivity contribution in [3.8, 4) is 0 Å². The van der Waals surface area contributed by atoms with Gasteiger partial charge in [-0.2, -0.15) is 0 Å². The Morgan fingerprint density at radius 1 is 1.05 bits per heavy atom. The van der Waals surface area contributed by atoms with E-state index in [1.165, 1.54) is 0 Å². The standard InChI is InChI=1S/C16H14IN3O2/c1-19-13-7-6-12(9-14(13)20(2)16(19)22)18-15(21)10-4-3-5-11(17)8-10/h3-9H,1-2H3,(H,18,21). The van der Waals surface area contributed by atoms with Crippen LogP contribution in [0.25, 0.3) is 11.0 Å². The lowest BCUT2D eigenvalue weighted by Gasteiger charge is -2.06. The van der Waals surface area contributed by atoms with Crippen molar-refractivity contribution in [1.29, 1.82) is 0 Å². The van der Waals surface area contributed by atoms with E-state index in [4.69, 9.17) is 0 Å². The van der Waals surface area contributed by atoms with Gasteiger partial charge in [0.2, 0.25) is 0 Å². The molecule has 0 bridgehead atoms. The zero-order valence-corrected chi connectivity index (χ0v) is 14.3. The lowest BCUT2D eigenvalue weighted by molar-refractivity contribution is 0.102. The summed E-state index contributed by atoms with van der Waals surface area (Å²) in [4.78, 5) is 24.2. The first-order valence-electron chi connectivity index (χ1n) is 6.70. The van der Waals surface area contributed by atoms with Crippen LogP contribution in [0.3, 0.4) is 0 Å². The Kier molecular flexibility index (Phi) is 3.78. The number of anilines is 1. The average molecular weight is 407 g/mol. The number of carbonyl (C=O) groups is 1. The molecule has 0 spiro atoms. The molecule has 0 aliphatic carbocycles. The highest BCUT2D eigenvalue weighted by molar-refractivity contribution is 14.1. The summed E-state index contributed by atoms with van der Waals surface area (Å²) in [6.07, 6.45) is 0. The number of aryl methyl sites for hydroxylation is 2. The number of carbonyl (C=O) groups excluding carboxylic acids is 1. The zero-order valence-electron chi connectivity index (χ0n) is 12.1. The van der Waals surface area contributed by atoms with Crippen LogP contribution >= 0.6 is 22.6 Å². The van der Waals surface area contributed by atoms with Gasteiger partial charge >= 0.3 is 5.69 Å². The molecule has 6 heteroatoms. The van der Waals surface area contributed by atoms with Crippen molar-refractivity contribution in [2.24, 2.45) is 14.1 Å². The molecule has 2 aromatic carbocycles. The molecule has 0 saturated heterocycles. The summed E-state index contributed by atoms with van der Waals surface area (Å²) in [6.45, 7) is 0. The third-order valence-electron chi connectivity index (χ3n) is 3.62. The topological polar surface area (TPSA) is 56.0 Å². The fourth-order valence-corrected chi connectivity index (χ4v) is 2.96. The van der Waals surface area contributed by atoms with Gasteiger partial charge in [0.15, 0.2) is 0 Å². The quantitative estimate of drug-likeness (QED) is 0.665. The maximum atomic E-state index is 12.3. The molecule has 0 aliphatic rings. The summed E-state index contributed by atoms with van der Waals surface area (Å²) in [5.41, 5.74) is 2.80. The Bertz CT molecular complexity index is 940. The third kappa shape index (κ3) is 2.54. The minimum atomic E-state index is -0.168. The lowest BCUT2D eigenvalue weighted by atomic mass is 10.2. The Morgan fingerprint density at radius 2 is 1.77 bits per heavy atom. The summed E-state index contributed by atoms with van der Waals surface area (Å²) >= 11 is 2.17. The number of rotatable bonds is 2. The van der Waals surface area contributed by atoms with E-state index in [1.807, 2.05) is 30.3 Å². The van der Waals surface area contributed by atoms with Gasteiger partial charge in [-0.3, -0.25) is 13.9 Å². The van der Waals surface area contributed by atoms with E-state index < -0.39 is 0 Å². The first kappa shape index (κ1) is 14.8. The van der Waals surface area contributed by atoms with Crippen molar-refractivity contribution in [3.05, 3.63) is 62.1 Å². The minimum Gasteiger partial charge on any atom is -0.322 e. The molecule has 22 heavy (non-hydrogen) atoms. The molecule has 0 radical (unpaired) electrons. The number of halogens is 1. The Morgan fingerprint density at radius 3 is 2.50 bits per heavy atom. The van der Waals surface area contributed by atoms with E-state index in [-0.39, 0.29) is 11.6 Å². The molecule has 0 aliphatic heterocycles. The Hall–Kier alpha value is -2.09. The third-order valence-corrected chi connectivity index (χ3v) is 4.29. The molecule has 1 aromatic heterocycles. The van der Waals surface area contributed by atoms with Gasteiger partial charge in [-0.25, -0.2) is 4.79 Å². The van der Waals surface area contributed by atoms with Crippen LogP contribution in [0.2, 0.25) is 0 Å². The monoisotopic (exact) mass is 407 g/mol. The fourth-order valence-electron chi connectivity index (χ4n) is 2.42. The van der Waals surface area contributed by atoms with Crippen LogP contribution in [-0.2, 0) is 14.1 Å². The normalized spacial score (nSPS) is 10.9. The van der Waals surface area contributed by atoms with Gasteiger partial charge < -0.3 is 5.32 Å². The molecule has 0 unspecified atom stereocenters. The molecule has 1 N–H and O–H groups in total. The van der Waals surface area contributed by atoms with Crippen molar-refractivity contribution in [2.45, 2.75) is 0 Å². The van der Waals surface area contributed by atoms with Crippen molar-refractivity contribution in [3.63, 3.8) is 0 Å². The van der Waals surface area contributed by atoms with Crippen molar-refractivity contribution in [2.75, 3.05) is 5.32 Å². The van der Waals surface area contributed by atoms with Gasteiger partial charge in [-0.1, -0.05) is 6.07 Å². The number of hydrogen-bond acceptors (Lipinski definition) is 2. The van der Waals surface area contributed by atoms with Crippen LogP contribution in [0.1, 0.15) is 10.4 Å². The molecule has 1 heterocycles. The van der Waals surface area contributed by atoms with E-state index in [2.05, 4.69) is 27.9 Å². The highest BCUT2D eigenvalue weighted by Gasteiger charge is 2.10. The number of fused-ring (bicyclic) bond motifs is 1. The van der Waals surface area contributed by atoms with Crippen LogP contribution < -0.4 is 11.0 Å². The molecule has 3 rings (SSSR count). The molecule has 0 saturated carbocycles. The molecule has 0 fully saturated rings. The number of aromatic nitrogens is 2. The van der Waals surface area contributed by atoms with Gasteiger partial charge in [0.05, 0.1) is 11.0 Å². The highest BCUT2D eigenvalue weighted by atomic mass is 127. The second-order valence-electron chi connectivity index (χ2n) is 5.07. The molecule has 0 atom stereocenters. The average Bonchev–Trinajstić information content (AvgIpc) is 2.72. The van der Waals surface area contributed by atoms with Crippen molar-refractivity contribution in [1.82, 2.24) is 9.13 Å². The predicted molar refractivity (Wildman–Crippen MR) is 95.3 cm³/mol. The summed E-state index contributed by atoms with van der Waals surface area (Å²) in [7, 11) is 3.45. The highest BCUT2D eigenvalue weighted by Crippen LogP contribution is 2.18. The van der Waals surface area contributed by atoms with Gasteiger partial charge in [-0.15, -0.1) is 0 Å². The van der Waals surface area contributed by atoms with Gasteiger partial charge in [0, 0.05) is 28.9 Å². The maximum Gasteiger partial charge on any atom is 0.328 e. The lowest BCUT2D eigenvalue weighted by Crippen LogP contribution is -2.19. The van der Waals surface area contributed by atoms with E-state index in [1.54, 1.807) is 35.4 Å². The summed E-state index contributed by atoms with van der Waals surface area (Å²) in [5.74, 6) is -0.168. The number of nitrogens with zero attached hydrogens (tertiary/aromatic N) is 2. The largest absolute Gasteiger partial charge is 0.328 e. The zero-order chi connectivity index (χ0) is 15.9. The van der Waals surface area contributed by atoms with Crippen molar-refractivity contribution < 1.29 is 4.79 Å². The summed E-state index contributed by atoms with van der Waals surface area (Å²) in [6, 6.07) is 12.8. The Labute approximate surface area is 140 Å². The smallest absolute Gasteiger partial charge is 0.322 e. The van der Waals surface area contributed by atoms with E-state index in [9.17, 15) is 9.59 Å². The maximum absolute atomic E-state index is 12.3. The molecular weight excluding hydrogens is 393 g/mol. The second kappa shape index (κ2) is 5.60. The molecular formula is C16H14IN3O2. The van der Waals surface area contributed by atoms with E-state index in [0.717, 1.165) is 14.6 Å². The summed E-state index contributed by atoms with van der Waals surface area (Å²) < 4.78 is 4.16. The number of nitrogens with one attached hydrogen (secondary N) is 1. The number of imidazole rings is 1. The van der Waals surface area contributed by atoms with Crippen LogP contribution in [0.15, 0.2) is 47.3 Å². The van der Waals surface area contributed by atoms with Gasteiger partial charge in [-0.05, 0) is 59.0 Å². The first-order chi connectivity index (χ1) is 10.5. The second-order valence-corrected chi connectivity index (χ2v) is 6.31. The molecule has 112 valence electrons. The minimum absolute atomic E-state index is 0.0870. The number of benzene rings is 2. The van der Waals surface area contributed by atoms with Crippen molar-refractivity contribution >= 4 is 45.2 Å². The SMILES string of the molecule is Cn1c(=O)n(C)c2cc(NC(=O)c3cccc(I)c3)ccc21. The van der Waals surface area contributed by atoms with Crippen LogP contribution in [-0.4, -0.2) is 15.0 Å². The van der Waals surface area contributed by atoms with E-state index in [0.29, 0.717) is 11.3 Å².